The van der Waals surface area contributed by atoms with Crippen molar-refractivity contribution >= 4 is 46.4 Å². The summed E-state index contributed by atoms with van der Waals surface area (Å²) >= 11 is 18.0. The largest absolute Gasteiger partial charge is 0.379 e. The number of amides is 1. The summed E-state index contributed by atoms with van der Waals surface area (Å²) in [5.74, 6) is -0.464. The maximum absolute atomic E-state index is 11.1. The Balaban J connectivity index is 2.17. The van der Waals surface area contributed by atoms with Gasteiger partial charge in [-0.3, -0.25) is 4.79 Å². The van der Waals surface area contributed by atoms with E-state index >= 15 is 0 Å². The topological polar surface area (TPSA) is 55.1 Å². The van der Waals surface area contributed by atoms with Gasteiger partial charge in [0.25, 0.3) is 0 Å². The lowest BCUT2D eigenvalue weighted by molar-refractivity contribution is 0.1000. The summed E-state index contributed by atoms with van der Waals surface area (Å²) in [6.07, 6.45) is 0. The van der Waals surface area contributed by atoms with Crippen LogP contribution in [0.3, 0.4) is 0 Å². The molecule has 0 fully saturated rings. The summed E-state index contributed by atoms with van der Waals surface area (Å²) in [7, 11) is 0. The van der Waals surface area contributed by atoms with Crippen molar-refractivity contribution in [2.45, 2.75) is 6.54 Å². The molecule has 0 aromatic heterocycles. The molecule has 2 rings (SSSR count). The van der Waals surface area contributed by atoms with Crippen LogP contribution >= 0.6 is 34.8 Å². The second-order valence-electron chi connectivity index (χ2n) is 4.16. The minimum atomic E-state index is -0.464. The van der Waals surface area contributed by atoms with Crippen molar-refractivity contribution < 1.29 is 4.79 Å². The van der Waals surface area contributed by atoms with Crippen LogP contribution in [0.4, 0.5) is 5.69 Å². The third kappa shape index (κ3) is 3.57. The molecule has 0 unspecified atom stereocenters. The highest BCUT2D eigenvalue weighted by Gasteiger charge is 2.08. The highest BCUT2D eigenvalue weighted by Crippen LogP contribution is 2.33. The Bertz CT molecular complexity index is 636. The van der Waals surface area contributed by atoms with Gasteiger partial charge < -0.3 is 11.1 Å². The van der Waals surface area contributed by atoms with Gasteiger partial charge in [0.2, 0.25) is 5.91 Å². The van der Waals surface area contributed by atoms with Gasteiger partial charge in [-0.25, -0.2) is 0 Å². The van der Waals surface area contributed by atoms with E-state index in [0.29, 0.717) is 32.9 Å². The van der Waals surface area contributed by atoms with Crippen LogP contribution in [-0.2, 0) is 6.54 Å². The van der Waals surface area contributed by atoms with Crippen LogP contribution in [0.15, 0.2) is 36.4 Å². The molecule has 3 nitrogen and oxygen atoms in total. The number of anilines is 1. The average molecular weight is 330 g/mol. The van der Waals surface area contributed by atoms with Crippen molar-refractivity contribution in [3.05, 3.63) is 62.6 Å². The van der Waals surface area contributed by atoms with Gasteiger partial charge in [0, 0.05) is 17.1 Å². The quantitative estimate of drug-likeness (QED) is 0.875. The van der Waals surface area contributed by atoms with Crippen molar-refractivity contribution in [3.8, 4) is 0 Å². The van der Waals surface area contributed by atoms with E-state index in [1.54, 1.807) is 30.3 Å². The Morgan fingerprint density at radius 1 is 1.10 bits per heavy atom. The highest BCUT2D eigenvalue weighted by atomic mass is 35.5. The van der Waals surface area contributed by atoms with Gasteiger partial charge in [0.15, 0.2) is 0 Å². The molecule has 20 heavy (non-hydrogen) atoms. The van der Waals surface area contributed by atoms with Gasteiger partial charge in [-0.15, -0.1) is 0 Å². The molecule has 0 aliphatic rings. The van der Waals surface area contributed by atoms with Crippen molar-refractivity contribution in [2.75, 3.05) is 5.32 Å². The molecule has 3 N–H and O–H groups in total. The number of benzene rings is 2. The molecule has 0 saturated heterocycles. The SMILES string of the molecule is NC(=O)c1cccc(CNc2c(Cl)cc(Cl)cc2Cl)c1. The zero-order valence-electron chi connectivity index (χ0n) is 10.3. The van der Waals surface area contributed by atoms with Crippen molar-refractivity contribution in [1.29, 1.82) is 0 Å². The Morgan fingerprint density at radius 3 is 2.35 bits per heavy atom. The summed E-state index contributed by atoms with van der Waals surface area (Å²) in [5.41, 5.74) is 7.19. The fraction of sp³-hybridized carbons (Fsp3) is 0.0714. The van der Waals surface area contributed by atoms with Gasteiger partial charge in [-0.1, -0.05) is 46.9 Å². The van der Waals surface area contributed by atoms with Gasteiger partial charge >= 0.3 is 0 Å². The van der Waals surface area contributed by atoms with Crippen LogP contribution in [0.25, 0.3) is 0 Å². The van der Waals surface area contributed by atoms with E-state index in [4.69, 9.17) is 40.5 Å². The van der Waals surface area contributed by atoms with E-state index in [2.05, 4.69) is 5.32 Å². The number of nitrogens with two attached hydrogens (primary N) is 1. The third-order valence-corrected chi connectivity index (χ3v) is 3.50. The lowest BCUT2D eigenvalue weighted by Gasteiger charge is -2.11. The molecule has 2 aromatic rings. The molecule has 0 spiro atoms. The van der Waals surface area contributed by atoms with Crippen molar-refractivity contribution in [2.24, 2.45) is 5.73 Å². The number of halogens is 3. The summed E-state index contributed by atoms with van der Waals surface area (Å²) in [5, 5.41) is 4.47. The van der Waals surface area contributed by atoms with Crippen LogP contribution in [0.2, 0.25) is 15.1 Å². The molecule has 0 radical (unpaired) electrons. The van der Waals surface area contributed by atoms with Crippen molar-refractivity contribution in [3.63, 3.8) is 0 Å². The summed E-state index contributed by atoms with van der Waals surface area (Å²) in [4.78, 5) is 11.1. The zero-order chi connectivity index (χ0) is 14.7. The number of primary amides is 1. The molecule has 6 heteroatoms. The molecule has 0 saturated carbocycles. The smallest absolute Gasteiger partial charge is 0.248 e. The zero-order valence-corrected chi connectivity index (χ0v) is 12.6. The predicted octanol–water partition coefficient (Wildman–Crippen LogP) is 4.36. The molecule has 0 atom stereocenters. The monoisotopic (exact) mass is 328 g/mol. The van der Waals surface area contributed by atoms with Gasteiger partial charge in [-0.05, 0) is 29.8 Å². The first-order valence-corrected chi connectivity index (χ1v) is 6.88. The molecule has 0 aliphatic heterocycles. The predicted molar refractivity (Wildman–Crippen MR) is 83.8 cm³/mol. The van der Waals surface area contributed by atoms with Gasteiger partial charge in [-0.2, -0.15) is 0 Å². The highest BCUT2D eigenvalue weighted by molar-refractivity contribution is 6.41. The second kappa shape index (κ2) is 6.35. The second-order valence-corrected chi connectivity index (χ2v) is 5.41. The Hall–Kier alpha value is -1.42. The standard InChI is InChI=1S/C14H11Cl3N2O/c15-10-5-11(16)13(12(17)6-10)19-7-8-2-1-3-9(4-8)14(18)20/h1-6,19H,7H2,(H2,18,20). The fourth-order valence-corrected chi connectivity index (χ4v) is 2.69. The van der Waals surface area contributed by atoms with E-state index in [1.165, 1.54) is 0 Å². The number of nitrogens with one attached hydrogen (secondary N) is 1. The normalized spacial score (nSPS) is 10.3. The number of hydrogen-bond donors (Lipinski definition) is 2. The third-order valence-electron chi connectivity index (χ3n) is 2.69. The number of hydrogen-bond acceptors (Lipinski definition) is 2. The summed E-state index contributed by atoms with van der Waals surface area (Å²) in [6, 6.07) is 10.2. The summed E-state index contributed by atoms with van der Waals surface area (Å²) in [6.45, 7) is 0.461. The van der Waals surface area contributed by atoms with E-state index in [1.807, 2.05) is 6.07 Å². The number of rotatable bonds is 4. The lowest BCUT2D eigenvalue weighted by Crippen LogP contribution is -2.11. The summed E-state index contributed by atoms with van der Waals surface area (Å²) < 4.78 is 0. The van der Waals surface area contributed by atoms with Gasteiger partial charge in [0.1, 0.15) is 0 Å². The Labute approximate surface area is 131 Å². The molecule has 2 aromatic carbocycles. The minimum absolute atomic E-state index is 0.438. The van der Waals surface area contributed by atoms with Crippen LogP contribution in [0.5, 0.6) is 0 Å². The first-order chi connectivity index (χ1) is 9.47. The van der Waals surface area contributed by atoms with Crippen molar-refractivity contribution in [1.82, 2.24) is 0 Å². The number of carbonyl (C=O) groups is 1. The van der Waals surface area contributed by atoms with Crippen LogP contribution in [-0.4, -0.2) is 5.91 Å². The fourth-order valence-electron chi connectivity index (χ4n) is 1.74. The first-order valence-electron chi connectivity index (χ1n) is 5.74. The van der Waals surface area contributed by atoms with Crippen LogP contribution in [0, 0.1) is 0 Å². The molecular formula is C14H11Cl3N2O. The molecular weight excluding hydrogens is 319 g/mol. The molecule has 1 amide bonds. The minimum Gasteiger partial charge on any atom is -0.379 e. The molecule has 104 valence electrons. The Morgan fingerprint density at radius 2 is 1.75 bits per heavy atom. The first kappa shape index (κ1) is 15.0. The molecule has 0 bridgehead atoms. The average Bonchev–Trinajstić information content (AvgIpc) is 2.37. The molecule has 0 heterocycles. The maximum atomic E-state index is 11.1. The Kier molecular flexibility index (Phi) is 4.76. The van der Waals surface area contributed by atoms with E-state index in [0.717, 1.165) is 5.56 Å². The molecule has 0 aliphatic carbocycles. The van der Waals surface area contributed by atoms with E-state index in [-0.39, 0.29) is 0 Å². The van der Waals surface area contributed by atoms with Crippen LogP contribution in [0.1, 0.15) is 15.9 Å². The lowest BCUT2D eigenvalue weighted by atomic mass is 10.1. The van der Waals surface area contributed by atoms with E-state index < -0.39 is 5.91 Å². The number of carbonyl (C=O) groups excluding carboxylic acids is 1. The maximum Gasteiger partial charge on any atom is 0.248 e. The van der Waals surface area contributed by atoms with E-state index in [9.17, 15) is 4.79 Å². The van der Waals surface area contributed by atoms with Gasteiger partial charge in [0.05, 0.1) is 15.7 Å². The van der Waals surface area contributed by atoms with Crippen LogP contribution < -0.4 is 11.1 Å².